The van der Waals surface area contributed by atoms with Crippen LogP contribution < -0.4 is 4.74 Å². The van der Waals surface area contributed by atoms with Crippen molar-refractivity contribution in [1.82, 2.24) is 9.80 Å². The molecule has 2 aromatic rings. The second-order valence-electron chi connectivity index (χ2n) is 7.56. The summed E-state index contributed by atoms with van der Waals surface area (Å²) < 4.78 is 5.21. The van der Waals surface area contributed by atoms with Crippen LogP contribution in [0.4, 0.5) is 0 Å². The van der Waals surface area contributed by atoms with Crippen LogP contribution >= 0.6 is 0 Å². The molecule has 4 heteroatoms. The highest BCUT2D eigenvalue weighted by Crippen LogP contribution is 2.19. The van der Waals surface area contributed by atoms with Crippen molar-refractivity contribution in [2.75, 3.05) is 27.2 Å². The van der Waals surface area contributed by atoms with Crippen LogP contribution in [0, 0.1) is 6.92 Å². The van der Waals surface area contributed by atoms with Gasteiger partial charge in [0.1, 0.15) is 5.75 Å². The van der Waals surface area contributed by atoms with Crippen molar-refractivity contribution in [3.05, 3.63) is 65.2 Å². The molecule has 1 amide bonds. The third-order valence-corrected chi connectivity index (χ3v) is 5.46. The zero-order valence-electron chi connectivity index (χ0n) is 16.6. The Morgan fingerprint density at radius 3 is 2.37 bits per heavy atom. The number of ether oxygens (including phenoxy) is 1. The molecular formula is C23H30N2O2. The van der Waals surface area contributed by atoms with Crippen molar-refractivity contribution in [3.8, 4) is 5.75 Å². The van der Waals surface area contributed by atoms with E-state index >= 15 is 0 Å². The van der Waals surface area contributed by atoms with Gasteiger partial charge in [0.15, 0.2) is 0 Å². The van der Waals surface area contributed by atoms with Crippen LogP contribution in [0.15, 0.2) is 48.5 Å². The lowest BCUT2D eigenvalue weighted by atomic mass is 10.1. The Morgan fingerprint density at radius 1 is 1.11 bits per heavy atom. The summed E-state index contributed by atoms with van der Waals surface area (Å²) in [6.07, 6.45) is 2.80. The molecule has 1 atom stereocenters. The van der Waals surface area contributed by atoms with Gasteiger partial charge < -0.3 is 14.5 Å². The first-order valence-electron chi connectivity index (χ1n) is 9.71. The molecule has 1 heterocycles. The maximum Gasteiger partial charge on any atom is 0.227 e. The van der Waals surface area contributed by atoms with Crippen molar-refractivity contribution in [1.29, 1.82) is 0 Å². The molecule has 0 aromatic heterocycles. The van der Waals surface area contributed by atoms with Crippen LogP contribution in [0.5, 0.6) is 5.75 Å². The highest BCUT2D eigenvalue weighted by atomic mass is 16.5. The van der Waals surface area contributed by atoms with E-state index < -0.39 is 0 Å². The molecule has 0 saturated carbocycles. The van der Waals surface area contributed by atoms with Crippen LogP contribution in [-0.2, 0) is 17.8 Å². The van der Waals surface area contributed by atoms with E-state index in [4.69, 9.17) is 4.74 Å². The van der Waals surface area contributed by atoms with Crippen LogP contribution in [0.25, 0.3) is 0 Å². The lowest BCUT2D eigenvalue weighted by Gasteiger charge is -2.29. The number of aryl methyl sites for hydroxylation is 1. The number of likely N-dealkylation sites (tertiary alicyclic amines) is 1. The maximum atomic E-state index is 13.1. The quantitative estimate of drug-likeness (QED) is 0.750. The number of nitrogens with zero attached hydrogens (tertiary/aromatic N) is 2. The number of carbonyl (C=O) groups excluding carboxylic acids is 1. The van der Waals surface area contributed by atoms with Crippen molar-refractivity contribution < 1.29 is 9.53 Å². The standard InChI is InChI=1S/C23H30N2O2/c1-18-6-8-20(9-7-18)16-25(17-21-5-4-14-24(21)2)23(26)15-19-10-12-22(27-3)13-11-19/h6-13,21H,4-5,14-17H2,1-3H3/t21-/m0/s1. The highest BCUT2D eigenvalue weighted by molar-refractivity contribution is 5.79. The van der Waals surface area contributed by atoms with E-state index in [1.165, 1.54) is 17.5 Å². The van der Waals surface area contributed by atoms with Gasteiger partial charge in [-0.05, 0) is 56.6 Å². The Bertz CT molecular complexity index is 740. The van der Waals surface area contributed by atoms with E-state index in [1.807, 2.05) is 29.2 Å². The number of amides is 1. The lowest BCUT2D eigenvalue weighted by Crippen LogP contribution is -2.42. The molecule has 144 valence electrons. The van der Waals surface area contributed by atoms with Gasteiger partial charge in [0.2, 0.25) is 5.91 Å². The molecule has 0 bridgehead atoms. The normalized spacial score (nSPS) is 17.1. The van der Waals surface area contributed by atoms with Crippen LogP contribution in [0.1, 0.15) is 29.5 Å². The molecule has 1 aliphatic rings. The first kappa shape index (κ1) is 19.4. The first-order chi connectivity index (χ1) is 13.0. The van der Waals surface area contributed by atoms with Crippen molar-refractivity contribution in [2.24, 2.45) is 0 Å². The first-order valence-corrected chi connectivity index (χ1v) is 9.71. The van der Waals surface area contributed by atoms with Crippen LogP contribution in [0.3, 0.4) is 0 Å². The van der Waals surface area contributed by atoms with E-state index in [0.717, 1.165) is 30.8 Å². The second-order valence-corrected chi connectivity index (χ2v) is 7.56. The molecule has 4 nitrogen and oxygen atoms in total. The van der Waals surface area contributed by atoms with Crippen LogP contribution in [0.2, 0.25) is 0 Å². The van der Waals surface area contributed by atoms with Gasteiger partial charge in [0.25, 0.3) is 0 Å². The molecule has 3 rings (SSSR count). The fraction of sp³-hybridized carbons (Fsp3) is 0.435. The predicted molar refractivity (Wildman–Crippen MR) is 109 cm³/mol. The molecule has 1 aliphatic heterocycles. The molecule has 0 aliphatic carbocycles. The van der Waals surface area contributed by atoms with Gasteiger partial charge in [-0.3, -0.25) is 4.79 Å². The molecule has 2 aromatic carbocycles. The lowest BCUT2D eigenvalue weighted by molar-refractivity contribution is -0.131. The summed E-state index contributed by atoms with van der Waals surface area (Å²) in [6.45, 7) is 4.67. The summed E-state index contributed by atoms with van der Waals surface area (Å²) in [6, 6.07) is 16.7. The van der Waals surface area contributed by atoms with E-state index in [-0.39, 0.29) is 5.91 Å². The van der Waals surface area contributed by atoms with Gasteiger partial charge >= 0.3 is 0 Å². The zero-order chi connectivity index (χ0) is 19.2. The van der Waals surface area contributed by atoms with Crippen molar-refractivity contribution >= 4 is 5.91 Å². The number of carbonyl (C=O) groups is 1. The highest BCUT2D eigenvalue weighted by Gasteiger charge is 2.25. The largest absolute Gasteiger partial charge is 0.497 e. The average molecular weight is 367 g/mol. The predicted octanol–water partition coefficient (Wildman–Crippen LogP) is 3.67. The van der Waals surface area contributed by atoms with Crippen LogP contribution in [-0.4, -0.2) is 49.0 Å². The van der Waals surface area contributed by atoms with E-state index in [9.17, 15) is 4.79 Å². The minimum absolute atomic E-state index is 0.182. The molecule has 0 unspecified atom stereocenters. The zero-order valence-corrected chi connectivity index (χ0v) is 16.6. The third-order valence-electron chi connectivity index (χ3n) is 5.46. The van der Waals surface area contributed by atoms with E-state index in [2.05, 4.69) is 43.1 Å². The van der Waals surface area contributed by atoms with Gasteiger partial charge in [-0.2, -0.15) is 0 Å². The van der Waals surface area contributed by atoms with Gasteiger partial charge in [-0.1, -0.05) is 42.0 Å². The SMILES string of the molecule is COc1ccc(CC(=O)N(Cc2ccc(C)cc2)C[C@@H]2CCCN2C)cc1. The molecular weight excluding hydrogens is 336 g/mol. The summed E-state index contributed by atoms with van der Waals surface area (Å²) in [5.41, 5.74) is 3.45. The minimum Gasteiger partial charge on any atom is -0.497 e. The average Bonchev–Trinajstić information content (AvgIpc) is 3.08. The fourth-order valence-corrected chi connectivity index (χ4v) is 3.66. The van der Waals surface area contributed by atoms with E-state index in [1.54, 1.807) is 7.11 Å². The number of likely N-dealkylation sites (N-methyl/N-ethyl adjacent to an activating group) is 1. The number of benzene rings is 2. The number of hydrogen-bond acceptors (Lipinski definition) is 3. The smallest absolute Gasteiger partial charge is 0.227 e. The third kappa shape index (κ3) is 5.33. The molecule has 1 fully saturated rings. The summed E-state index contributed by atoms with van der Waals surface area (Å²) in [5.74, 6) is 0.997. The topological polar surface area (TPSA) is 32.8 Å². The molecule has 0 radical (unpaired) electrons. The summed E-state index contributed by atoms with van der Waals surface area (Å²) >= 11 is 0. The van der Waals surface area contributed by atoms with Crippen molar-refractivity contribution in [3.63, 3.8) is 0 Å². The summed E-state index contributed by atoms with van der Waals surface area (Å²) in [4.78, 5) is 17.5. The number of hydrogen-bond donors (Lipinski definition) is 0. The monoisotopic (exact) mass is 366 g/mol. The molecule has 0 spiro atoms. The number of rotatable bonds is 7. The fourth-order valence-electron chi connectivity index (χ4n) is 3.66. The van der Waals surface area contributed by atoms with Gasteiger partial charge in [-0.15, -0.1) is 0 Å². The van der Waals surface area contributed by atoms with Crippen molar-refractivity contribution in [2.45, 2.75) is 38.8 Å². The Morgan fingerprint density at radius 2 is 1.78 bits per heavy atom. The van der Waals surface area contributed by atoms with Gasteiger partial charge in [-0.25, -0.2) is 0 Å². The van der Waals surface area contributed by atoms with Gasteiger partial charge in [0.05, 0.1) is 13.5 Å². The molecule has 1 saturated heterocycles. The summed E-state index contributed by atoms with van der Waals surface area (Å²) in [7, 11) is 3.82. The summed E-state index contributed by atoms with van der Waals surface area (Å²) in [5, 5.41) is 0. The molecule has 0 N–H and O–H groups in total. The number of methoxy groups -OCH3 is 1. The van der Waals surface area contributed by atoms with Gasteiger partial charge in [0, 0.05) is 19.1 Å². The Balaban J connectivity index is 1.72. The maximum absolute atomic E-state index is 13.1. The minimum atomic E-state index is 0.182. The Kier molecular flexibility index (Phi) is 6.51. The Labute approximate surface area is 162 Å². The van der Waals surface area contributed by atoms with E-state index in [0.29, 0.717) is 19.0 Å². The second kappa shape index (κ2) is 9.05. The Hall–Kier alpha value is -2.33. The molecule has 27 heavy (non-hydrogen) atoms.